The van der Waals surface area contributed by atoms with Crippen molar-refractivity contribution < 1.29 is 14.3 Å². The molecule has 0 bridgehead atoms. The maximum absolute atomic E-state index is 12.9. The zero-order valence-electron chi connectivity index (χ0n) is 20.7. The second kappa shape index (κ2) is 11.4. The summed E-state index contributed by atoms with van der Waals surface area (Å²) in [5, 5.41) is 19.2. The van der Waals surface area contributed by atoms with Crippen LogP contribution in [0.25, 0.3) is 17.0 Å². The number of esters is 1. The fourth-order valence-electron chi connectivity index (χ4n) is 4.11. The van der Waals surface area contributed by atoms with Crippen molar-refractivity contribution in [2.45, 2.75) is 53.6 Å². The summed E-state index contributed by atoms with van der Waals surface area (Å²) >= 11 is 0. The van der Waals surface area contributed by atoms with Gasteiger partial charge in [-0.2, -0.15) is 10.5 Å². The van der Waals surface area contributed by atoms with Crippen LogP contribution in [0.4, 0.5) is 0 Å². The highest BCUT2D eigenvalue weighted by molar-refractivity contribution is 6.09. The third-order valence-corrected chi connectivity index (χ3v) is 6.07. The van der Waals surface area contributed by atoms with E-state index in [0.717, 1.165) is 40.8 Å². The first-order valence-electron chi connectivity index (χ1n) is 11.7. The molecule has 0 spiro atoms. The summed E-state index contributed by atoms with van der Waals surface area (Å²) in [5.74, 6) is -0.631. The largest absolute Gasteiger partial charge is 0.453 e. The molecule has 0 N–H and O–H groups in total. The molecule has 1 aromatic carbocycles. The highest BCUT2D eigenvalue weighted by Crippen LogP contribution is 2.23. The first-order valence-corrected chi connectivity index (χ1v) is 11.7. The number of carbonyl (C=O) groups is 2. The molecule has 0 aliphatic rings. The van der Waals surface area contributed by atoms with E-state index >= 15 is 0 Å². The van der Waals surface area contributed by atoms with Crippen molar-refractivity contribution in [1.29, 1.82) is 10.5 Å². The zero-order valence-corrected chi connectivity index (χ0v) is 20.7. The fraction of sp³-hybridized carbons (Fsp3) is 0.357. The second-order valence-corrected chi connectivity index (χ2v) is 8.99. The van der Waals surface area contributed by atoms with Crippen molar-refractivity contribution in [2.75, 3.05) is 6.61 Å². The van der Waals surface area contributed by atoms with Crippen LogP contribution in [-0.4, -0.2) is 27.5 Å². The van der Waals surface area contributed by atoms with E-state index in [0.29, 0.717) is 24.4 Å². The van der Waals surface area contributed by atoms with E-state index in [1.54, 1.807) is 6.20 Å². The number of hydrogen-bond donors (Lipinski definition) is 0. The minimum atomic E-state index is -0.832. The van der Waals surface area contributed by atoms with Crippen LogP contribution in [-0.2, 0) is 22.6 Å². The number of nitriles is 2. The summed E-state index contributed by atoms with van der Waals surface area (Å²) in [6, 6.07) is 13.4. The third-order valence-electron chi connectivity index (χ3n) is 6.07. The van der Waals surface area contributed by atoms with Gasteiger partial charge in [0, 0.05) is 47.1 Å². The molecule has 0 aliphatic heterocycles. The number of ketones is 1. The van der Waals surface area contributed by atoms with E-state index in [1.807, 2.05) is 54.8 Å². The molecule has 2 heterocycles. The Morgan fingerprint density at radius 1 is 1.14 bits per heavy atom. The average molecular weight is 471 g/mol. The van der Waals surface area contributed by atoms with Gasteiger partial charge in [-0.3, -0.25) is 4.79 Å². The van der Waals surface area contributed by atoms with Gasteiger partial charge in [0.2, 0.25) is 5.78 Å². The Labute approximate surface area is 205 Å². The van der Waals surface area contributed by atoms with Crippen molar-refractivity contribution in [3.63, 3.8) is 0 Å². The SMILES string of the molecule is Cc1cc(/C=C(/C#N)C(=O)OCC(=O)c2cn(CCC#N)c3ccccc23)c(C)n1CCC(C)C. The molecule has 7 nitrogen and oxygen atoms in total. The molecule has 2 aromatic heterocycles. The minimum Gasteiger partial charge on any atom is -0.453 e. The highest BCUT2D eigenvalue weighted by atomic mass is 16.5. The van der Waals surface area contributed by atoms with Crippen LogP contribution < -0.4 is 0 Å². The van der Waals surface area contributed by atoms with Crippen LogP contribution in [0.3, 0.4) is 0 Å². The first kappa shape index (κ1) is 25.5. The Kier molecular flexibility index (Phi) is 8.28. The van der Waals surface area contributed by atoms with Crippen molar-refractivity contribution in [3.8, 4) is 12.1 Å². The van der Waals surface area contributed by atoms with Crippen molar-refractivity contribution in [3.05, 3.63) is 64.6 Å². The van der Waals surface area contributed by atoms with Crippen LogP contribution in [0.15, 0.2) is 42.1 Å². The number of ether oxygens (including phenoxy) is 1. The Bertz CT molecular complexity index is 1360. The van der Waals surface area contributed by atoms with Crippen molar-refractivity contribution >= 4 is 28.7 Å². The summed E-state index contributed by atoms with van der Waals surface area (Å²) in [6.45, 7) is 9.16. The topological polar surface area (TPSA) is 101 Å². The second-order valence-electron chi connectivity index (χ2n) is 8.99. The van der Waals surface area contributed by atoms with Gasteiger partial charge in [0.25, 0.3) is 0 Å². The summed E-state index contributed by atoms with van der Waals surface area (Å²) < 4.78 is 9.26. The van der Waals surface area contributed by atoms with Crippen LogP contribution in [0.1, 0.15) is 54.0 Å². The van der Waals surface area contributed by atoms with Gasteiger partial charge in [-0.15, -0.1) is 0 Å². The molecule has 180 valence electrons. The van der Waals surface area contributed by atoms with Crippen molar-refractivity contribution in [1.82, 2.24) is 9.13 Å². The Balaban J connectivity index is 1.75. The summed E-state index contributed by atoms with van der Waals surface area (Å²) in [6.07, 6.45) is 4.55. The van der Waals surface area contributed by atoms with Gasteiger partial charge < -0.3 is 13.9 Å². The predicted octanol–water partition coefficient (Wildman–Crippen LogP) is 5.35. The Morgan fingerprint density at radius 2 is 1.89 bits per heavy atom. The van der Waals surface area contributed by atoms with Gasteiger partial charge >= 0.3 is 5.97 Å². The molecular formula is C28H30N4O3. The van der Waals surface area contributed by atoms with E-state index in [4.69, 9.17) is 10.00 Å². The van der Waals surface area contributed by atoms with Gasteiger partial charge in [-0.05, 0) is 50.0 Å². The number of nitrogens with zero attached hydrogens (tertiary/aromatic N) is 4. The molecule has 0 amide bonds. The smallest absolute Gasteiger partial charge is 0.349 e. The maximum Gasteiger partial charge on any atom is 0.349 e. The van der Waals surface area contributed by atoms with E-state index in [-0.39, 0.29) is 11.4 Å². The molecule has 0 saturated heterocycles. The van der Waals surface area contributed by atoms with Crippen LogP contribution >= 0.6 is 0 Å². The number of aryl methyl sites for hydroxylation is 2. The predicted molar refractivity (Wildman–Crippen MR) is 134 cm³/mol. The van der Waals surface area contributed by atoms with E-state index in [9.17, 15) is 14.9 Å². The monoisotopic (exact) mass is 470 g/mol. The first-order chi connectivity index (χ1) is 16.8. The molecule has 0 fully saturated rings. The summed E-state index contributed by atoms with van der Waals surface area (Å²) in [7, 11) is 0. The lowest BCUT2D eigenvalue weighted by Crippen LogP contribution is -2.15. The molecule has 0 unspecified atom stereocenters. The maximum atomic E-state index is 12.9. The van der Waals surface area contributed by atoms with Gasteiger partial charge in [-0.25, -0.2) is 4.79 Å². The van der Waals surface area contributed by atoms with Crippen molar-refractivity contribution in [2.24, 2.45) is 5.92 Å². The molecule has 3 aromatic rings. The average Bonchev–Trinajstić information content (AvgIpc) is 3.34. The lowest BCUT2D eigenvalue weighted by molar-refractivity contribution is -0.137. The fourth-order valence-corrected chi connectivity index (χ4v) is 4.11. The van der Waals surface area contributed by atoms with Gasteiger partial charge in [0.05, 0.1) is 12.5 Å². The molecule has 7 heteroatoms. The normalized spacial score (nSPS) is 11.5. The lowest BCUT2D eigenvalue weighted by Gasteiger charge is -2.11. The number of benzene rings is 1. The minimum absolute atomic E-state index is 0.154. The number of carbonyl (C=O) groups excluding carboxylic acids is 2. The van der Waals surface area contributed by atoms with E-state index < -0.39 is 12.6 Å². The number of Topliss-reactive ketones (excluding diaryl/α,β-unsaturated/α-hetero) is 1. The number of aromatic nitrogens is 2. The van der Waals surface area contributed by atoms with Crippen LogP contribution in [0.2, 0.25) is 0 Å². The molecule has 0 aliphatic carbocycles. The number of hydrogen-bond acceptors (Lipinski definition) is 5. The number of fused-ring (bicyclic) bond motifs is 1. The van der Waals surface area contributed by atoms with Gasteiger partial charge in [-0.1, -0.05) is 32.0 Å². The summed E-state index contributed by atoms with van der Waals surface area (Å²) in [5.41, 5.74) is 3.92. The standard InChI is InChI=1S/C28H30N4O3/c1-19(2)10-13-32-20(3)14-22(21(32)4)15-23(16-30)28(34)35-18-27(33)25-17-31(12-7-11-29)26-9-6-5-8-24(25)26/h5-6,8-9,14-15,17,19H,7,10,12-13,18H2,1-4H3/b23-15-. The molecule has 0 radical (unpaired) electrons. The number of para-hydroxylation sites is 1. The summed E-state index contributed by atoms with van der Waals surface area (Å²) in [4.78, 5) is 25.5. The molecule has 0 saturated carbocycles. The third kappa shape index (κ3) is 5.88. The van der Waals surface area contributed by atoms with Crippen LogP contribution in [0.5, 0.6) is 0 Å². The molecular weight excluding hydrogens is 440 g/mol. The molecule has 3 rings (SSSR count). The van der Waals surface area contributed by atoms with E-state index in [1.165, 1.54) is 6.08 Å². The van der Waals surface area contributed by atoms with Crippen LogP contribution in [0, 0.1) is 42.4 Å². The van der Waals surface area contributed by atoms with Gasteiger partial charge in [0.15, 0.2) is 6.61 Å². The molecule has 35 heavy (non-hydrogen) atoms. The number of rotatable bonds is 10. The lowest BCUT2D eigenvalue weighted by atomic mass is 10.1. The van der Waals surface area contributed by atoms with Gasteiger partial charge in [0.1, 0.15) is 11.6 Å². The van der Waals surface area contributed by atoms with E-state index in [2.05, 4.69) is 24.5 Å². The Morgan fingerprint density at radius 3 is 2.57 bits per heavy atom. The molecule has 0 atom stereocenters. The highest BCUT2D eigenvalue weighted by Gasteiger charge is 2.19. The Hall–Kier alpha value is -4.10. The quantitative estimate of drug-likeness (QED) is 0.172. The zero-order chi connectivity index (χ0) is 25.5.